The van der Waals surface area contributed by atoms with Crippen LogP contribution < -0.4 is 5.32 Å². The fraction of sp³-hybridized carbons (Fsp3) is 0.769. The third-order valence-corrected chi connectivity index (χ3v) is 4.50. The van der Waals surface area contributed by atoms with E-state index in [1.807, 2.05) is 6.92 Å². The molecule has 1 aromatic rings. The molecule has 2 fully saturated rings. The zero-order valence-corrected chi connectivity index (χ0v) is 11.0. The molecule has 1 aromatic heterocycles. The van der Waals surface area contributed by atoms with Crippen molar-refractivity contribution in [1.29, 1.82) is 0 Å². The zero-order valence-electron chi connectivity index (χ0n) is 11.0. The molecule has 6 heteroatoms. The smallest absolute Gasteiger partial charge is 0.308 e. The molecule has 0 saturated heterocycles. The molecule has 3 rings (SSSR count). The number of aromatic nitrogens is 2. The second-order valence-electron chi connectivity index (χ2n) is 5.55. The van der Waals surface area contributed by atoms with Crippen LogP contribution in [0.4, 0.5) is 0 Å². The SMILES string of the molecule is CCc1nnc(CNC2C3CCC(C3)C2C(=O)O)o1. The van der Waals surface area contributed by atoms with Gasteiger partial charge in [-0.3, -0.25) is 4.79 Å². The average molecular weight is 265 g/mol. The highest BCUT2D eigenvalue weighted by molar-refractivity contribution is 5.72. The van der Waals surface area contributed by atoms with Gasteiger partial charge in [-0.1, -0.05) is 6.92 Å². The molecule has 0 spiro atoms. The van der Waals surface area contributed by atoms with Gasteiger partial charge in [0.05, 0.1) is 12.5 Å². The average Bonchev–Trinajstić information content (AvgIpc) is 3.10. The van der Waals surface area contributed by atoms with Crippen LogP contribution >= 0.6 is 0 Å². The Morgan fingerprint density at radius 2 is 2.11 bits per heavy atom. The van der Waals surface area contributed by atoms with Crippen LogP contribution in [0.25, 0.3) is 0 Å². The molecule has 4 atom stereocenters. The van der Waals surface area contributed by atoms with Crippen molar-refractivity contribution in [1.82, 2.24) is 15.5 Å². The van der Waals surface area contributed by atoms with Crippen molar-refractivity contribution in [2.75, 3.05) is 0 Å². The number of carbonyl (C=O) groups is 1. The normalized spacial score (nSPS) is 32.9. The molecule has 0 amide bonds. The maximum atomic E-state index is 11.4. The Kier molecular flexibility index (Phi) is 3.26. The number of hydrogen-bond donors (Lipinski definition) is 2. The molecule has 104 valence electrons. The molecule has 2 aliphatic carbocycles. The van der Waals surface area contributed by atoms with Crippen molar-refractivity contribution in [3.8, 4) is 0 Å². The summed E-state index contributed by atoms with van der Waals surface area (Å²) in [5.41, 5.74) is 0. The highest BCUT2D eigenvalue weighted by atomic mass is 16.4. The van der Waals surface area contributed by atoms with Gasteiger partial charge in [-0.25, -0.2) is 0 Å². The number of aryl methyl sites for hydroxylation is 1. The molecule has 0 aliphatic heterocycles. The van der Waals surface area contributed by atoms with E-state index < -0.39 is 5.97 Å². The molecular weight excluding hydrogens is 246 g/mol. The second kappa shape index (κ2) is 4.92. The summed E-state index contributed by atoms with van der Waals surface area (Å²) in [5, 5.41) is 20.5. The summed E-state index contributed by atoms with van der Waals surface area (Å²) < 4.78 is 5.44. The lowest BCUT2D eigenvalue weighted by Crippen LogP contribution is -2.43. The van der Waals surface area contributed by atoms with E-state index in [1.165, 1.54) is 0 Å². The number of carboxylic acids is 1. The van der Waals surface area contributed by atoms with Crippen LogP contribution in [0.3, 0.4) is 0 Å². The van der Waals surface area contributed by atoms with Gasteiger partial charge < -0.3 is 14.8 Å². The van der Waals surface area contributed by atoms with Gasteiger partial charge in [-0.15, -0.1) is 10.2 Å². The maximum Gasteiger partial charge on any atom is 0.308 e. The first kappa shape index (κ1) is 12.6. The van der Waals surface area contributed by atoms with E-state index in [0.29, 0.717) is 30.2 Å². The minimum Gasteiger partial charge on any atom is -0.481 e. The van der Waals surface area contributed by atoms with Gasteiger partial charge in [-0.2, -0.15) is 0 Å². The fourth-order valence-corrected chi connectivity index (χ4v) is 3.65. The van der Waals surface area contributed by atoms with Crippen molar-refractivity contribution >= 4 is 5.97 Å². The Hall–Kier alpha value is -1.43. The van der Waals surface area contributed by atoms with Gasteiger partial charge >= 0.3 is 5.97 Å². The number of aliphatic carboxylic acids is 1. The van der Waals surface area contributed by atoms with Gasteiger partial charge in [0.25, 0.3) is 0 Å². The van der Waals surface area contributed by atoms with Gasteiger partial charge in [0.15, 0.2) is 0 Å². The third kappa shape index (κ3) is 2.25. The molecule has 2 aliphatic rings. The number of nitrogens with one attached hydrogen (secondary N) is 1. The minimum absolute atomic E-state index is 0.0493. The first-order valence-electron chi connectivity index (χ1n) is 6.96. The molecular formula is C13H19N3O3. The van der Waals surface area contributed by atoms with Crippen molar-refractivity contribution in [2.24, 2.45) is 17.8 Å². The van der Waals surface area contributed by atoms with E-state index in [4.69, 9.17) is 4.42 Å². The summed E-state index contributed by atoms with van der Waals surface area (Å²) in [4.78, 5) is 11.4. The summed E-state index contributed by atoms with van der Waals surface area (Å²) in [7, 11) is 0. The lowest BCUT2D eigenvalue weighted by molar-refractivity contribution is -0.144. The largest absolute Gasteiger partial charge is 0.481 e. The van der Waals surface area contributed by atoms with Crippen molar-refractivity contribution < 1.29 is 14.3 Å². The minimum atomic E-state index is -0.676. The van der Waals surface area contributed by atoms with Crippen molar-refractivity contribution in [3.63, 3.8) is 0 Å². The highest BCUT2D eigenvalue weighted by Gasteiger charge is 2.50. The monoisotopic (exact) mass is 265 g/mol. The van der Waals surface area contributed by atoms with Gasteiger partial charge in [0.2, 0.25) is 11.8 Å². The highest BCUT2D eigenvalue weighted by Crippen LogP contribution is 2.48. The molecule has 2 bridgehead atoms. The topological polar surface area (TPSA) is 88.2 Å². The van der Waals surface area contributed by atoms with E-state index in [-0.39, 0.29) is 12.0 Å². The fourth-order valence-electron chi connectivity index (χ4n) is 3.65. The molecule has 2 saturated carbocycles. The predicted octanol–water partition coefficient (Wildman–Crippen LogP) is 1.22. The quantitative estimate of drug-likeness (QED) is 0.832. The third-order valence-electron chi connectivity index (χ3n) is 4.50. The Balaban J connectivity index is 1.64. The summed E-state index contributed by atoms with van der Waals surface area (Å²) in [5.74, 6) is 1.06. The summed E-state index contributed by atoms with van der Waals surface area (Å²) >= 11 is 0. The Morgan fingerprint density at radius 3 is 2.79 bits per heavy atom. The van der Waals surface area contributed by atoms with E-state index >= 15 is 0 Å². The van der Waals surface area contributed by atoms with E-state index in [0.717, 1.165) is 25.7 Å². The van der Waals surface area contributed by atoms with Crippen LogP contribution in [0.15, 0.2) is 4.42 Å². The van der Waals surface area contributed by atoms with Crippen LogP contribution in [0.1, 0.15) is 38.0 Å². The first-order valence-corrected chi connectivity index (χ1v) is 6.96. The van der Waals surface area contributed by atoms with Crippen LogP contribution in [-0.4, -0.2) is 27.3 Å². The molecule has 19 heavy (non-hydrogen) atoms. The second-order valence-corrected chi connectivity index (χ2v) is 5.55. The van der Waals surface area contributed by atoms with Crippen LogP contribution in [0, 0.1) is 17.8 Å². The van der Waals surface area contributed by atoms with Gasteiger partial charge in [0.1, 0.15) is 0 Å². The number of carboxylic acid groups (broad SMARTS) is 1. The molecule has 2 N–H and O–H groups in total. The van der Waals surface area contributed by atoms with Gasteiger partial charge in [-0.05, 0) is 31.1 Å². The predicted molar refractivity (Wildman–Crippen MR) is 66.3 cm³/mol. The maximum absolute atomic E-state index is 11.4. The first-order chi connectivity index (χ1) is 9.19. The standard InChI is InChI=1S/C13H19N3O3/c1-2-9-15-16-10(19-9)6-14-12-8-4-3-7(5-8)11(12)13(17)18/h7-8,11-12,14H,2-6H2,1H3,(H,17,18). The lowest BCUT2D eigenvalue weighted by Gasteiger charge is -2.28. The summed E-state index contributed by atoms with van der Waals surface area (Å²) in [6.07, 6.45) is 3.95. The van der Waals surface area contributed by atoms with E-state index in [2.05, 4.69) is 15.5 Å². The molecule has 1 heterocycles. The van der Waals surface area contributed by atoms with Crippen LogP contribution in [0.5, 0.6) is 0 Å². The molecule has 4 unspecified atom stereocenters. The Labute approximate surface area is 111 Å². The Morgan fingerprint density at radius 1 is 1.37 bits per heavy atom. The number of nitrogens with zero attached hydrogens (tertiary/aromatic N) is 2. The molecule has 6 nitrogen and oxygen atoms in total. The summed E-state index contributed by atoms with van der Waals surface area (Å²) in [6.45, 7) is 2.42. The lowest BCUT2D eigenvalue weighted by atomic mass is 9.84. The van der Waals surface area contributed by atoms with Crippen molar-refractivity contribution in [3.05, 3.63) is 11.8 Å². The van der Waals surface area contributed by atoms with Gasteiger partial charge in [0, 0.05) is 12.5 Å². The van der Waals surface area contributed by atoms with Crippen LogP contribution in [0.2, 0.25) is 0 Å². The zero-order chi connectivity index (χ0) is 13.4. The molecule has 0 aromatic carbocycles. The van der Waals surface area contributed by atoms with E-state index in [9.17, 15) is 9.90 Å². The number of hydrogen-bond acceptors (Lipinski definition) is 5. The van der Waals surface area contributed by atoms with Crippen LogP contribution in [-0.2, 0) is 17.8 Å². The van der Waals surface area contributed by atoms with Crippen molar-refractivity contribution in [2.45, 2.75) is 45.2 Å². The Bertz CT molecular complexity index is 473. The number of fused-ring (bicyclic) bond motifs is 2. The number of rotatable bonds is 5. The van der Waals surface area contributed by atoms with E-state index in [1.54, 1.807) is 0 Å². The summed E-state index contributed by atoms with van der Waals surface area (Å²) in [6, 6.07) is 0.0493. The molecule has 0 radical (unpaired) electrons.